The van der Waals surface area contributed by atoms with Crippen molar-refractivity contribution in [3.8, 4) is 0 Å². The van der Waals surface area contributed by atoms with Crippen LogP contribution in [0.5, 0.6) is 0 Å². The SMILES string of the molecule is CCN(C(=O)CSc1nncn1C)C1CCCCC1. The molecule has 0 spiro atoms. The first-order valence-electron chi connectivity index (χ1n) is 6.98. The zero-order valence-electron chi connectivity index (χ0n) is 11.7. The molecule has 0 saturated heterocycles. The van der Waals surface area contributed by atoms with Crippen LogP contribution in [0.25, 0.3) is 0 Å². The second kappa shape index (κ2) is 6.93. The van der Waals surface area contributed by atoms with E-state index >= 15 is 0 Å². The van der Waals surface area contributed by atoms with Crippen LogP contribution in [0.15, 0.2) is 11.5 Å². The van der Waals surface area contributed by atoms with Gasteiger partial charge in [-0.25, -0.2) is 0 Å². The molecule has 1 aliphatic rings. The van der Waals surface area contributed by atoms with Gasteiger partial charge in [-0.3, -0.25) is 4.79 Å². The number of hydrogen-bond donors (Lipinski definition) is 0. The summed E-state index contributed by atoms with van der Waals surface area (Å²) < 4.78 is 1.84. The Kier molecular flexibility index (Phi) is 5.24. The molecular formula is C13H22N4OS. The van der Waals surface area contributed by atoms with Gasteiger partial charge in [0.05, 0.1) is 5.75 Å². The molecule has 19 heavy (non-hydrogen) atoms. The molecular weight excluding hydrogens is 260 g/mol. The lowest BCUT2D eigenvalue weighted by Crippen LogP contribution is -2.42. The summed E-state index contributed by atoms with van der Waals surface area (Å²) in [6, 6.07) is 0.450. The van der Waals surface area contributed by atoms with E-state index in [-0.39, 0.29) is 5.91 Å². The van der Waals surface area contributed by atoms with E-state index in [0.717, 1.165) is 24.5 Å². The van der Waals surface area contributed by atoms with Crippen LogP contribution < -0.4 is 0 Å². The first-order valence-corrected chi connectivity index (χ1v) is 7.97. The Bertz CT molecular complexity index is 415. The Labute approximate surface area is 118 Å². The lowest BCUT2D eigenvalue weighted by atomic mass is 9.94. The van der Waals surface area contributed by atoms with E-state index < -0.39 is 0 Å². The third-order valence-electron chi connectivity index (χ3n) is 3.67. The van der Waals surface area contributed by atoms with E-state index in [2.05, 4.69) is 17.1 Å². The maximum absolute atomic E-state index is 12.3. The molecule has 1 heterocycles. The smallest absolute Gasteiger partial charge is 0.233 e. The summed E-state index contributed by atoms with van der Waals surface area (Å²) >= 11 is 1.47. The molecule has 0 aliphatic heterocycles. The Balaban J connectivity index is 1.87. The standard InChI is InChI=1S/C13H22N4OS/c1-3-17(11-7-5-4-6-8-11)12(18)9-19-13-15-14-10-16(13)2/h10-11H,3-9H2,1-2H3. The van der Waals surface area contributed by atoms with Gasteiger partial charge in [0, 0.05) is 19.6 Å². The van der Waals surface area contributed by atoms with E-state index in [1.165, 1.54) is 31.0 Å². The van der Waals surface area contributed by atoms with E-state index in [1.807, 2.05) is 16.5 Å². The van der Waals surface area contributed by atoms with Crippen LogP contribution in [0.3, 0.4) is 0 Å². The second-order valence-electron chi connectivity index (χ2n) is 4.98. The van der Waals surface area contributed by atoms with Gasteiger partial charge < -0.3 is 9.47 Å². The molecule has 1 saturated carbocycles. The number of rotatable bonds is 5. The Morgan fingerprint density at radius 3 is 2.79 bits per heavy atom. The zero-order valence-corrected chi connectivity index (χ0v) is 12.5. The highest BCUT2D eigenvalue weighted by Gasteiger charge is 2.24. The number of carbonyl (C=O) groups is 1. The van der Waals surface area contributed by atoms with Gasteiger partial charge in [0.2, 0.25) is 5.91 Å². The normalized spacial score (nSPS) is 16.5. The quantitative estimate of drug-likeness (QED) is 0.776. The highest BCUT2D eigenvalue weighted by atomic mass is 32.2. The fraction of sp³-hybridized carbons (Fsp3) is 0.769. The molecule has 0 aromatic carbocycles. The van der Waals surface area contributed by atoms with E-state index in [9.17, 15) is 4.79 Å². The van der Waals surface area contributed by atoms with Gasteiger partial charge in [-0.2, -0.15) is 0 Å². The first kappa shape index (κ1) is 14.4. The van der Waals surface area contributed by atoms with Crippen molar-refractivity contribution in [3.05, 3.63) is 6.33 Å². The van der Waals surface area contributed by atoms with E-state index in [1.54, 1.807) is 6.33 Å². The third-order valence-corrected chi connectivity index (χ3v) is 4.69. The molecule has 0 bridgehead atoms. The molecule has 106 valence electrons. The van der Waals surface area contributed by atoms with Crippen LogP contribution in [0.1, 0.15) is 39.0 Å². The van der Waals surface area contributed by atoms with Crippen LogP contribution in [-0.4, -0.2) is 43.9 Å². The van der Waals surface area contributed by atoms with Crippen molar-refractivity contribution in [2.45, 2.75) is 50.2 Å². The number of carbonyl (C=O) groups excluding carboxylic acids is 1. The molecule has 1 amide bonds. The zero-order chi connectivity index (χ0) is 13.7. The van der Waals surface area contributed by atoms with E-state index in [0.29, 0.717) is 11.8 Å². The van der Waals surface area contributed by atoms with Crippen LogP contribution >= 0.6 is 11.8 Å². The molecule has 1 fully saturated rings. The van der Waals surface area contributed by atoms with Gasteiger partial charge in [0.1, 0.15) is 6.33 Å². The summed E-state index contributed by atoms with van der Waals surface area (Å²) in [4.78, 5) is 14.4. The second-order valence-corrected chi connectivity index (χ2v) is 5.93. The van der Waals surface area contributed by atoms with E-state index in [4.69, 9.17) is 0 Å². The molecule has 6 heteroatoms. The molecule has 1 aliphatic carbocycles. The molecule has 1 aromatic rings. The van der Waals surface area contributed by atoms with Crippen molar-refractivity contribution in [1.82, 2.24) is 19.7 Å². The van der Waals surface area contributed by atoms with Crippen molar-refractivity contribution in [1.29, 1.82) is 0 Å². The van der Waals surface area contributed by atoms with Crippen LogP contribution in [-0.2, 0) is 11.8 Å². The number of thioether (sulfide) groups is 1. The molecule has 0 radical (unpaired) electrons. The Hall–Kier alpha value is -1.04. The third kappa shape index (κ3) is 3.72. The molecule has 0 N–H and O–H groups in total. The molecule has 1 aromatic heterocycles. The topological polar surface area (TPSA) is 51.0 Å². The lowest BCUT2D eigenvalue weighted by Gasteiger charge is -2.33. The van der Waals surface area contributed by atoms with Crippen molar-refractivity contribution in [2.24, 2.45) is 7.05 Å². The highest BCUT2D eigenvalue weighted by Crippen LogP contribution is 2.23. The van der Waals surface area contributed by atoms with Crippen LogP contribution in [0, 0.1) is 0 Å². The van der Waals surface area contributed by atoms with Gasteiger partial charge in [0.15, 0.2) is 5.16 Å². The maximum atomic E-state index is 12.3. The average Bonchev–Trinajstić information content (AvgIpc) is 2.84. The molecule has 2 rings (SSSR count). The number of amides is 1. The van der Waals surface area contributed by atoms with Crippen molar-refractivity contribution in [2.75, 3.05) is 12.3 Å². The first-order chi connectivity index (χ1) is 9.22. The van der Waals surface area contributed by atoms with Gasteiger partial charge in [-0.05, 0) is 19.8 Å². The van der Waals surface area contributed by atoms with Crippen LogP contribution in [0.2, 0.25) is 0 Å². The number of hydrogen-bond acceptors (Lipinski definition) is 4. The van der Waals surface area contributed by atoms with Gasteiger partial charge in [0.25, 0.3) is 0 Å². The van der Waals surface area contributed by atoms with Gasteiger partial charge in [-0.1, -0.05) is 31.0 Å². The van der Waals surface area contributed by atoms with Crippen molar-refractivity contribution in [3.63, 3.8) is 0 Å². The number of aryl methyl sites for hydroxylation is 1. The monoisotopic (exact) mass is 282 g/mol. The van der Waals surface area contributed by atoms with Crippen molar-refractivity contribution < 1.29 is 4.79 Å². The fourth-order valence-electron chi connectivity index (χ4n) is 2.64. The summed E-state index contributed by atoms with van der Waals surface area (Å²) in [6.45, 7) is 2.88. The minimum Gasteiger partial charge on any atom is -0.339 e. The summed E-state index contributed by atoms with van der Waals surface area (Å²) in [5.41, 5.74) is 0. The summed E-state index contributed by atoms with van der Waals surface area (Å²) in [5.74, 6) is 0.680. The number of nitrogens with zero attached hydrogens (tertiary/aromatic N) is 4. The lowest BCUT2D eigenvalue weighted by molar-refractivity contribution is -0.131. The largest absolute Gasteiger partial charge is 0.339 e. The predicted octanol–water partition coefficient (Wildman–Crippen LogP) is 2.09. The summed E-state index contributed by atoms with van der Waals surface area (Å²) in [6.07, 6.45) is 7.81. The highest BCUT2D eigenvalue weighted by molar-refractivity contribution is 7.99. The molecule has 0 unspecified atom stereocenters. The summed E-state index contributed by atoms with van der Waals surface area (Å²) in [5, 5.41) is 8.61. The maximum Gasteiger partial charge on any atom is 0.233 e. The molecule has 5 nitrogen and oxygen atoms in total. The number of aromatic nitrogens is 3. The Morgan fingerprint density at radius 2 is 2.21 bits per heavy atom. The van der Waals surface area contributed by atoms with Gasteiger partial charge in [-0.15, -0.1) is 10.2 Å². The summed E-state index contributed by atoms with van der Waals surface area (Å²) in [7, 11) is 1.89. The minimum absolute atomic E-state index is 0.224. The fourth-order valence-corrected chi connectivity index (χ4v) is 3.42. The Morgan fingerprint density at radius 1 is 1.47 bits per heavy atom. The predicted molar refractivity (Wildman–Crippen MR) is 76.0 cm³/mol. The van der Waals surface area contributed by atoms with Crippen molar-refractivity contribution >= 4 is 17.7 Å². The average molecular weight is 282 g/mol. The molecule has 0 atom stereocenters. The minimum atomic E-state index is 0.224. The van der Waals surface area contributed by atoms with Crippen LogP contribution in [0.4, 0.5) is 0 Å². The van der Waals surface area contributed by atoms with Gasteiger partial charge >= 0.3 is 0 Å².